The van der Waals surface area contributed by atoms with E-state index in [2.05, 4.69) is 11.4 Å². The van der Waals surface area contributed by atoms with Crippen molar-refractivity contribution >= 4 is 28.3 Å². The highest BCUT2D eigenvalue weighted by Crippen LogP contribution is 2.22. The van der Waals surface area contributed by atoms with Gasteiger partial charge in [0.1, 0.15) is 0 Å². The number of hydrogen-bond donors (Lipinski definition) is 1. The lowest BCUT2D eigenvalue weighted by Crippen LogP contribution is -2.41. The molecule has 0 radical (unpaired) electrons. The summed E-state index contributed by atoms with van der Waals surface area (Å²) >= 11 is 0. The second-order valence-electron chi connectivity index (χ2n) is 5.35. The first-order valence-electron chi connectivity index (χ1n) is 7.54. The third-order valence-electron chi connectivity index (χ3n) is 3.62. The van der Waals surface area contributed by atoms with E-state index in [9.17, 15) is 9.59 Å². The Balaban J connectivity index is 2.17. The van der Waals surface area contributed by atoms with Crippen molar-refractivity contribution in [2.24, 2.45) is 5.92 Å². The van der Waals surface area contributed by atoms with Gasteiger partial charge in [-0.15, -0.1) is 0 Å². The topological polar surface area (TPSA) is 73.2 Å². The predicted molar refractivity (Wildman–Crippen MR) is 89.6 cm³/mol. The summed E-state index contributed by atoms with van der Waals surface area (Å²) in [6.07, 6.45) is 0. The first-order valence-corrected chi connectivity index (χ1v) is 7.54. The molecule has 0 bridgehead atoms. The van der Waals surface area contributed by atoms with Gasteiger partial charge in [0.25, 0.3) is 0 Å². The predicted octanol–water partition coefficient (Wildman–Crippen LogP) is 2.79. The molecule has 2 aromatic carbocycles. The number of rotatable bonds is 4. The lowest BCUT2D eigenvalue weighted by Gasteiger charge is -2.21. The zero-order chi connectivity index (χ0) is 16.8. The molecule has 0 unspecified atom stereocenters. The van der Waals surface area contributed by atoms with Gasteiger partial charge in [-0.25, -0.2) is 0 Å². The van der Waals surface area contributed by atoms with E-state index < -0.39 is 11.8 Å². The molecule has 1 atom stereocenters. The molecule has 0 aliphatic rings. The van der Waals surface area contributed by atoms with Crippen molar-refractivity contribution < 1.29 is 9.59 Å². The number of carbonyl (C=O) groups excluding carboxylic acids is 2. The fourth-order valence-corrected chi connectivity index (χ4v) is 2.38. The zero-order valence-electron chi connectivity index (χ0n) is 13.2. The van der Waals surface area contributed by atoms with E-state index in [4.69, 9.17) is 5.26 Å². The Morgan fingerprint density at radius 3 is 2.61 bits per heavy atom. The number of nitrogens with one attached hydrogen (secondary N) is 1. The number of nitriles is 1. The number of fused-ring (bicyclic) bond motifs is 1. The number of nitrogens with zero attached hydrogens (tertiary/aromatic N) is 2. The molecule has 23 heavy (non-hydrogen) atoms. The van der Waals surface area contributed by atoms with Gasteiger partial charge in [0.15, 0.2) is 0 Å². The molecule has 2 aromatic rings. The van der Waals surface area contributed by atoms with Crippen molar-refractivity contribution in [2.75, 3.05) is 18.4 Å². The van der Waals surface area contributed by atoms with Gasteiger partial charge in [0, 0.05) is 24.2 Å². The number of likely N-dealkylation sites (N-methyl/N-ethyl adjacent to an activating group) is 1. The molecule has 0 saturated carbocycles. The van der Waals surface area contributed by atoms with Crippen LogP contribution in [0.2, 0.25) is 0 Å². The Morgan fingerprint density at radius 2 is 1.91 bits per heavy atom. The minimum absolute atomic E-state index is 0.245. The van der Waals surface area contributed by atoms with Crippen LogP contribution in [-0.2, 0) is 9.59 Å². The van der Waals surface area contributed by atoms with Gasteiger partial charge in [-0.2, -0.15) is 5.26 Å². The van der Waals surface area contributed by atoms with Gasteiger partial charge in [-0.1, -0.05) is 36.4 Å². The van der Waals surface area contributed by atoms with Crippen LogP contribution in [0.25, 0.3) is 10.8 Å². The smallest absolute Gasteiger partial charge is 0.313 e. The Kier molecular flexibility index (Phi) is 5.32. The molecule has 5 nitrogen and oxygen atoms in total. The van der Waals surface area contributed by atoms with Crippen LogP contribution < -0.4 is 5.32 Å². The second-order valence-corrected chi connectivity index (χ2v) is 5.35. The molecule has 0 spiro atoms. The molecule has 2 rings (SSSR count). The minimum Gasteiger partial charge on any atom is -0.333 e. The van der Waals surface area contributed by atoms with Crippen LogP contribution in [0.3, 0.4) is 0 Å². The third-order valence-corrected chi connectivity index (χ3v) is 3.62. The normalized spacial score (nSPS) is 11.5. The van der Waals surface area contributed by atoms with Crippen molar-refractivity contribution in [1.82, 2.24) is 4.90 Å². The summed E-state index contributed by atoms with van der Waals surface area (Å²) in [5.41, 5.74) is 0.603. The van der Waals surface area contributed by atoms with E-state index in [1.807, 2.05) is 36.4 Å². The van der Waals surface area contributed by atoms with Crippen LogP contribution in [-0.4, -0.2) is 29.8 Å². The van der Waals surface area contributed by atoms with Crippen molar-refractivity contribution in [1.29, 1.82) is 5.26 Å². The molecule has 2 amide bonds. The van der Waals surface area contributed by atoms with Crippen LogP contribution in [0.15, 0.2) is 42.5 Å². The van der Waals surface area contributed by atoms with Gasteiger partial charge in [0.05, 0.1) is 12.0 Å². The molecule has 1 N–H and O–H groups in total. The summed E-state index contributed by atoms with van der Waals surface area (Å²) in [5, 5.41) is 13.4. The molecular weight excluding hydrogens is 290 g/mol. The maximum atomic E-state index is 12.3. The molecule has 0 aliphatic heterocycles. The van der Waals surface area contributed by atoms with Crippen molar-refractivity contribution in [2.45, 2.75) is 13.8 Å². The first-order chi connectivity index (χ1) is 11.1. The molecule has 0 saturated heterocycles. The molecule has 0 aliphatic carbocycles. The van der Waals surface area contributed by atoms with E-state index in [1.54, 1.807) is 19.9 Å². The summed E-state index contributed by atoms with van der Waals surface area (Å²) in [5.74, 6) is -1.62. The van der Waals surface area contributed by atoms with E-state index in [0.29, 0.717) is 12.2 Å². The van der Waals surface area contributed by atoms with Crippen molar-refractivity contribution in [3.63, 3.8) is 0 Å². The minimum atomic E-state index is -0.687. The van der Waals surface area contributed by atoms with Crippen LogP contribution >= 0.6 is 0 Å². The van der Waals surface area contributed by atoms with E-state index >= 15 is 0 Å². The van der Waals surface area contributed by atoms with E-state index in [-0.39, 0.29) is 12.5 Å². The highest BCUT2D eigenvalue weighted by molar-refractivity contribution is 6.40. The summed E-state index contributed by atoms with van der Waals surface area (Å²) in [6.45, 7) is 4.13. The fourth-order valence-electron chi connectivity index (χ4n) is 2.38. The van der Waals surface area contributed by atoms with Gasteiger partial charge in [-0.3, -0.25) is 9.59 Å². The largest absolute Gasteiger partial charge is 0.333 e. The highest BCUT2D eigenvalue weighted by Gasteiger charge is 2.22. The third kappa shape index (κ3) is 3.86. The number of anilines is 1. The lowest BCUT2D eigenvalue weighted by molar-refractivity contribution is -0.143. The van der Waals surface area contributed by atoms with Gasteiger partial charge < -0.3 is 10.2 Å². The molecule has 0 heterocycles. The highest BCUT2D eigenvalue weighted by atomic mass is 16.2. The number of hydrogen-bond acceptors (Lipinski definition) is 3. The number of benzene rings is 2. The summed E-state index contributed by atoms with van der Waals surface area (Å²) in [6, 6.07) is 15.3. The second kappa shape index (κ2) is 7.41. The number of amides is 2. The maximum Gasteiger partial charge on any atom is 0.313 e. The standard InChI is InChI=1S/C18H19N3O2/c1-3-21(12-13(2)11-19)18(23)17(22)20-16-10-6-8-14-7-4-5-9-15(14)16/h4-10,13H,3,12H2,1-2H3,(H,20,22)/t13-/m1/s1. The quantitative estimate of drug-likeness (QED) is 0.883. The molecule has 0 aromatic heterocycles. The average molecular weight is 309 g/mol. The fraction of sp³-hybridized carbons (Fsp3) is 0.278. The van der Waals surface area contributed by atoms with Crippen LogP contribution in [0.5, 0.6) is 0 Å². The Morgan fingerprint density at radius 1 is 1.22 bits per heavy atom. The monoisotopic (exact) mass is 309 g/mol. The Bertz CT molecular complexity index is 759. The Labute approximate surface area is 135 Å². The van der Waals surface area contributed by atoms with E-state index in [0.717, 1.165) is 10.8 Å². The summed E-state index contributed by atoms with van der Waals surface area (Å²) < 4.78 is 0. The molecule has 5 heteroatoms. The van der Waals surface area contributed by atoms with Gasteiger partial charge in [0.2, 0.25) is 0 Å². The van der Waals surface area contributed by atoms with Crippen molar-refractivity contribution in [3.8, 4) is 6.07 Å². The van der Waals surface area contributed by atoms with Crippen LogP contribution in [0.1, 0.15) is 13.8 Å². The zero-order valence-corrected chi connectivity index (χ0v) is 13.2. The van der Waals surface area contributed by atoms with Crippen LogP contribution in [0, 0.1) is 17.2 Å². The number of carbonyl (C=O) groups is 2. The van der Waals surface area contributed by atoms with Crippen LogP contribution in [0.4, 0.5) is 5.69 Å². The summed E-state index contributed by atoms with van der Waals surface area (Å²) in [4.78, 5) is 25.9. The first kappa shape index (κ1) is 16.5. The maximum absolute atomic E-state index is 12.3. The van der Waals surface area contributed by atoms with Crippen molar-refractivity contribution in [3.05, 3.63) is 42.5 Å². The van der Waals surface area contributed by atoms with E-state index in [1.165, 1.54) is 4.90 Å². The molecule has 118 valence electrons. The SMILES string of the molecule is CCN(C[C@H](C)C#N)C(=O)C(=O)Nc1cccc2ccccc12. The van der Waals surface area contributed by atoms with Gasteiger partial charge in [-0.05, 0) is 25.3 Å². The molecular formula is C18H19N3O2. The Hall–Kier alpha value is -2.87. The average Bonchev–Trinajstić information content (AvgIpc) is 2.59. The van der Waals surface area contributed by atoms with Gasteiger partial charge >= 0.3 is 11.8 Å². The lowest BCUT2D eigenvalue weighted by atomic mass is 10.1. The molecule has 0 fully saturated rings. The summed E-state index contributed by atoms with van der Waals surface area (Å²) in [7, 11) is 0.